The summed E-state index contributed by atoms with van der Waals surface area (Å²) in [6.07, 6.45) is 13.5. The van der Waals surface area contributed by atoms with Gasteiger partial charge in [0.25, 0.3) is 0 Å². The lowest BCUT2D eigenvalue weighted by Gasteiger charge is -2.30. The molecule has 0 spiro atoms. The molecule has 4 N–H and O–H groups in total. The minimum Gasteiger partial charge on any atom is -0.497 e. The van der Waals surface area contributed by atoms with E-state index < -0.39 is 41.6 Å². The quantitative estimate of drug-likeness (QED) is 0.259. The molecule has 0 radical (unpaired) electrons. The van der Waals surface area contributed by atoms with Crippen molar-refractivity contribution < 1.29 is 29.0 Å². The molecule has 3 fully saturated rings. The van der Waals surface area contributed by atoms with Gasteiger partial charge in [-0.2, -0.15) is 9.90 Å². The number of rotatable bonds is 7. The molecule has 4 aliphatic rings. The molecule has 14 nitrogen and oxygen atoms in total. The number of carboxylic acids is 1. The first-order chi connectivity index (χ1) is 24.8. The van der Waals surface area contributed by atoms with Crippen LogP contribution in [0.1, 0.15) is 76.7 Å². The van der Waals surface area contributed by atoms with Crippen LogP contribution in [-0.2, 0) is 14.4 Å². The zero-order valence-corrected chi connectivity index (χ0v) is 29.4. The number of aliphatic carboxylic acids is 1. The van der Waals surface area contributed by atoms with E-state index in [9.17, 15) is 24.3 Å². The summed E-state index contributed by atoms with van der Waals surface area (Å²) in [6.45, 7) is 0.0940. The number of ether oxygens (including phenoxy) is 1. The van der Waals surface area contributed by atoms with Crippen LogP contribution in [0.4, 0.5) is 4.79 Å². The van der Waals surface area contributed by atoms with Gasteiger partial charge in [-0.25, -0.2) is 14.6 Å². The molecule has 3 aromatic rings. The van der Waals surface area contributed by atoms with E-state index in [-0.39, 0.29) is 37.3 Å². The van der Waals surface area contributed by atoms with Gasteiger partial charge in [0.1, 0.15) is 39.8 Å². The molecule has 1 aromatic carbocycles. The first kappa shape index (κ1) is 34.6. The molecule has 1 saturated heterocycles. The molecular weight excluding hydrogens is 673 g/mol. The minimum atomic E-state index is -1.43. The van der Waals surface area contributed by atoms with Crippen molar-refractivity contribution in [1.29, 1.82) is 0 Å². The normalized spacial score (nSPS) is 27.1. The molecule has 0 unspecified atom stereocenters. The van der Waals surface area contributed by atoms with Gasteiger partial charge in [0.05, 0.1) is 13.2 Å². The number of hydrogen-bond donors (Lipinski definition) is 4. The van der Waals surface area contributed by atoms with Gasteiger partial charge in [-0.15, -0.1) is 16.4 Å². The molecule has 5 atom stereocenters. The summed E-state index contributed by atoms with van der Waals surface area (Å²) in [5.74, 6) is -1.67. The summed E-state index contributed by atoms with van der Waals surface area (Å²) in [6, 6.07) is 4.74. The van der Waals surface area contributed by atoms with Gasteiger partial charge in [-0.05, 0) is 62.8 Å². The van der Waals surface area contributed by atoms with Gasteiger partial charge >= 0.3 is 12.0 Å². The molecular formula is C36H44N8O6S. The van der Waals surface area contributed by atoms with E-state index in [0.29, 0.717) is 35.0 Å². The third kappa shape index (κ3) is 7.34. The summed E-state index contributed by atoms with van der Waals surface area (Å²) < 4.78 is 5.34. The number of thiazole rings is 1. The van der Waals surface area contributed by atoms with Crippen molar-refractivity contribution in [2.45, 2.75) is 100 Å². The topological polar surface area (TPSA) is 181 Å². The molecule has 2 aromatic heterocycles. The number of amides is 4. The number of hydrogen-bond acceptors (Lipinski definition) is 9. The number of benzene rings is 1. The number of carbonyl (C=O) groups excluding carboxylic acids is 3. The number of carboxylic acid groups (broad SMARTS) is 1. The Hall–Kier alpha value is -4.79. The lowest BCUT2D eigenvalue weighted by Crippen LogP contribution is -2.57. The van der Waals surface area contributed by atoms with Crippen LogP contribution in [0.3, 0.4) is 0 Å². The van der Waals surface area contributed by atoms with Gasteiger partial charge in [-0.1, -0.05) is 37.8 Å². The van der Waals surface area contributed by atoms with Crippen LogP contribution in [0.2, 0.25) is 0 Å². The average Bonchev–Trinajstić information content (AvgIpc) is 3.77. The van der Waals surface area contributed by atoms with Crippen molar-refractivity contribution in [2.75, 3.05) is 13.7 Å². The highest BCUT2D eigenvalue weighted by Gasteiger charge is 2.61. The summed E-state index contributed by atoms with van der Waals surface area (Å²) in [5.41, 5.74) is 0.523. The molecule has 0 bridgehead atoms. The second-order valence-corrected chi connectivity index (χ2v) is 14.9. The Kier molecular flexibility index (Phi) is 10.1. The molecule has 7 rings (SSSR count). The van der Waals surface area contributed by atoms with Crippen LogP contribution in [0.25, 0.3) is 22.0 Å². The number of urea groups is 1. The van der Waals surface area contributed by atoms with E-state index in [1.165, 1.54) is 16.2 Å². The van der Waals surface area contributed by atoms with Gasteiger partial charge in [0, 0.05) is 42.1 Å². The first-order valence-electron chi connectivity index (χ1n) is 17.9. The van der Waals surface area contributed by atoms with Crippen molar-refractivity contribution >= 4 is 35.2 Å². The lowest BCUT2D eigenvalue weighted by atomic mass is 10.0. The predicted molar refractivity (Wildman–Crippen MR) is 189 cm³/mol. The number of carbonyl (C=O) groups is 4. The van der Waals surface area contributed by atoms with Gasteiger partial charge in [0.2, 0.25) is 11.8 Å². The fraction of sp³-hybridized carbons (Fsp3) is 0.528. The van der Waals surface area contributed by atoms with Crippen LogP contribution < -0.4 is 20.7 Å². The van der Waals surface area contributed by atoms with Crippen molar-refractivity contribution in [1.82, 2.24) is 40.8 Å². The van der Waals surface area contributed by atoms with Crippen molar-refractivity contribution in [3.8, 4) is 27.7 Å². The van der Waals surface area contributed by atoms with E-state index in [4.69, 9.17) is 14.9 Å². The summed E-state index contributed by atoms with van der Waals surface area (Å²) >= 11 is 1.42. The van der Waals surface area contributed by atoms with Crippen LogP contribution in [0.15, 0.2) is 48.0 Å². The maximum Gasteiger partial charge on any atom is 0.330 e. The lowest BCUT2D eigenvalue weighted by molar-refractivity contribution is -0.145. The number of nitrogens with zero attached hydrogens (tertiary/aromatic N) is 5. The summed E-state index contributed by atoms with van der Waals surface area (Å²) in [5, 5.41) is 31.3. The van der Waals surface area contributed by atoms with Crippen molar-refractivity contribution in [2.24, 2.45) is 5.92 Å². The Morgan fingerprint density at radius 1 is 1.02 bits per heavy atom. The monoisotopic (exact) mass is 716 g/mol. The van der Waals surface area contributed by atoms with E-state index >= 15 is 0 Å². The van der Waals surface area contributed by atoms with Gasteiger partial charge in [-0.3, -0.25) is 9.59 Å². The Bertz CT molecular complexity index is 1770. The molecule has 4 amide bonds. The maximum absolute atomic E-state index is 14.5. The number of nitrogens with one attached hydrogen (secondary N) is 3. The zero-order valence-electron chi connectivity index (χ0n) is 28.6. The second kappa shape index (κ2) is 14.8. The molecule has 2 saturated carbocycles. The average molecular weight is 717 g/mol. The van der Waals surface area contributed by atoms with Crippen LogP contribution in [0.5, 0.6) is 5.75 Å². The highest BCUT2D eigenvalue weighted by atomic mass is 32.1. The van der Waals surface area contributed by atoms with E-state index in [0.717, 1.165) is 50.5 Å². The standard InChI is InChI=1S/C36H44N8O6S/c1-50-26-15-13-22(14-16-26)29-30(32-37-17-18-51-32)42-44(41-29)25-19-28-31(45)40-36(34(47)48)20-23(36)9-5-3-2-4-6-12-27(33(46)43(28)21-25)39-35(49)38-24-10-7-8-11-24/h5,9,13-18,23-25,27-28H,2-4,6-8,10-12,19-21H2,1H3,(H,40,45)(H,47,48)(H2,38,39,49)/t23-,25-,27+,28+,36-/m1/s1. The Morgan fingerprint density at radius 2 is 1.78 bits per heavy atom. The fourth-order valence-corrected chi connectivity index (χ4v) is 8.24. The van der Waals surface area contributed by atoms with Gasteiger partial charge < -0.3 is 30.7 Å². The molecule has 51 heavy (non-hydrogen) atoms. The summed E-state index contributed by atoms with van der Waals surface area (Å²) in [7, 11) is 1.60. The Balaban J connectivity index is 1.21. The fourth-order valence-electron chi connectivity index (χ4n) is 7.61. The van der Waals surface area contributed by atoms with Crippen molar-refractivity contribution in [3.63, 3.8) is 0 Å². The third-order valence-electron chi connectivity index (χ3n) is 10.6. The number of fused-ring (bicyclic) bond motifs is 2. The molecule has 15 heteroatoms. The zero-order chi connectivity index (χ0) is 35.5. The SMILES string of the molecule is COc1ccc(-c2nn([C@@H]3C[C@H]4C(=O)N[C@]5(C(=O)O)C[C@H]5C=CCCCCC[C@H](NC(=O)NC5CCCC5)C(=O)N4C3)nc2-c2nccs2)cc1. The van der Waals surface area contributed by atoms with Crippen LogP contribution in [0, 0.1) is 5.92 Å². The van der Waals surface area contributed by atoms with Crippen LogP contribution >= 0.6 is 11.3 Å². The van der Waals surface area contributed by atoms with E-state index in [2.05, 4.69) is 20.9 Å². The number of methoxy groups -OCH3 is 1. The second-order valence-electron chi connectivity index (χ2n) is 14.0. The molecule has 4 heterocycles. The third-order valence-corrected chi connectivity index (χ3v) is 11.4. The van der Waals surface area contributed by atoms with E-state index in [1.54, 1.807) is 18.1 Å². The molecule has 270 valence electrons. The van der Waals surface area contributed by atoms with E-state index in [1.807, 2.05) is 41.8 Å². The molecule has 2 aliphatic heterocycles. The number of aromatic nitrogens is 4. The first-order valence-corrected chi connectivity index (χ1v) is 18.7. The maximum atomic E-state index is 14.5. The molecule has 2 aliphatic carbocycles. The largest absolute Gasteiger partial charge is 0.497 e. The smallest absolute Gasteiger partial charge is 0.330 e. The number of allylic oxidation sites excluding steroid dienone is 1. The summed E-state index contributed by atoms with van der Waals surface area (Å²) in [4.78, 5) is 61.9. The predicted octanol–water partition coefficient (Wildman–Crippen LogP) is 4.31. The van der Waals surface area contributed by atoms with Crippen LogP contribution in [-0.4, -0.2) is 91.1 Å². The Morgan fingerprint density at radius 3 is 2.51 bits per heavy atom. The highest BCUT2D eigenvalue weighted by molar-refractivity contribution is 7.13. The van der Waals surface area contributed by atoms with Gasteiger partial charge in [0.15, 0.2) is 0 Å². The Labute approximate surface area is 300 Å². The highest BCUT2D eigenvalue weighted by Crippen LogP contribution is 2.46. The minimum absolute atomic E-state index is 0.0698. The van der Waals surface area contributed by atoms with Crippen molar-refractivity contribution in [3.05, 3.63) is 48.0 Å².